The molecule has 1 aromatic rings. The lowest BCUT2D eigenvalue weighted by Gasteiger charge is -2.02. The number of carbonyl (C=O) groups excluding carboxylic acids is 1. The third-order valence-electron chi connectivity index (χ3n) is 1.87. The monoisotopic (exact) mass is 269 g/mol. The van der Waals surface area contributed by atoms with Crippen LogP contribution in [0.2, 0.25) is 10.0 Å². The molecule has 0 aromatic heterocycles. The van der Waals surface area contributed by atoms with Gasteiger partial charge in [-0.3, -0.25) is 0 Å². The lowest BCUT2D eigenvalue weighted by atomic mass is 10.1. The smallest absolute Gasteiger partial charge is 0.348 e. The van der Waals surface area contributed by atoms with Gasteiger partial charge in [0.05, 0.1) is 6.61 Å². The van der Waals surface area contributed by atoms with Crippen molar-refractivity contribution in [2.45, 2.75) is 6.92 Å². The first-order valence-electron chi connectivity index (χ1n) is 4.82. The Hall–Kier alpha value is -1.50. The predicted molar refractivity (Wildman–Crippen MR) is 66.7 cm³/mol. The van der Waals surface area contributed by atoms with Gasteiger partial charge in [-0.1, -0.05) is 23.2 Å². The molecule has 1 aromatic carbocycles. The minimum Gasteiger partial charge on any atom is -0.462 e. The Balaban J connectivity index is 3.11. The second kappa shape index (κ2) is 6.29. The standard InChI is InChI=1S/C12H9Cl2NO2/c1-2-17-12(16)9(7-15)5-8-6-10(13)3-4-11(8)14/h3-6H,2H2,1H3/b9-5+. The Bertz CT molecular complexity index is 504. The molecule has 0 aliphatic heterocycles. The molecule has 0 N–H and O–H groups in total. The van der Waals surface area contributed by atoms with Crippen molar-refractivity contribution in [3.05, 3.63) is 39.4 Å². The van der Waals surface area contributed by atoms with Crippen LogP contribution < -0.4 is 0 Å². The molecule has 0 atom stereocenters. The van der Waals surface area contributed by atoms with E-state index in [1.165, 1.54) is 6.08 Å². The molecule has 0 bridgehead atoms. The van der Waals surface area contributed by atoms with Crippen LogP contribution in [0.4, 0.5) is 0 Å². The fourth-order valence-corrected chi connectivity index (χ4v) is 1.48. The van der Waals surface area contributed by atoms with E-state index in [2.05, 4.69) is 0 Å². The van der Waals surface area contributed by atoms with E-state index in [9.17, 15) is 4.79 Å². The second-order valence-corrected chi connectivity index (χ2v) is 3.90. The molecule has 0 aliphatic carbocycles. The van der Waals surface area contributed by atoms with Crippen molar-refractivity contribution >= 4 is 35.2 Å². The number of hydrogen-bond acceptors (Lipinski definition) is 3. The van der Waals surface area contributed by atoms with E-state index in [-0.39, 0.29) is 12.2 Å². The lowest BCUT2D eigenvalue weighted by molar-refractivity contribution is -0.137. The highest BCUT2D eigenvalue weighted by atomic mass is 35.5. The Morgan fingerprint density at radius 2 is 2.24 bits per heavy atom. The molecule has 17 heavy (non-hydrogen) atoms. The molecular weight excluding hydrogens is 261 g/mol. The summed E-state index contributed by atoms with van der Waals surface area (Å²) in [4.78, 5) is 11.4. The molecule has 0 heterocycles. The topological polar surface area (TPSA) is 50.1 Å². The minimum atomic E-state index is -0.675. The number of nitriles is 1. The number of hydrogen-bond donors (Lipinski definition) is 0. The third-order valence-corrected chi connectivity index (χ3v) is 2.45. The number of esters is 1. The summed E-state index contributed by atoms with van der Waals surface area (Å²) in [6.45, 7) is 1.88. The predicted octanol–water partition coefficient (Wildman–Crippen LogP) is 3.46. The summed E-state index contributed by atoms with van der Waals surface area (Å²) in [5, 5.41) is 9.73. The molecular formula is C12H9Cl2NO2. The Labute approximate surface area is 109 Å². The van der Waals surface area contributed by atoms with E-state index in [1.807, 2.05) is 0 Å². The number of halogens is 2. The maximum atomic E-state index is 11.4. The van der Waals surface area contributed by atoms with Gasteiger partial charge in [0.15, 0.2) is 0 Å². The largest absolute Gasteiger partial charge is 0.462 e. The number of rotatable bonds is 3. The normalized spacial score (nSPS) is 10.8. The van der Waals surface area contributed by atoms with Crippen molar-refractivity contribution in [2.24, 2.45) is 0 Å². The second-order valence-electron chi connectivity index (χ2n) is 3.06. The van der Waals surface area contributed by atoms with Crippen LogP contribution in [-0.2, 0) is 9.53 Å². The zero-order valence-electron chi connectivity index (χ0n) is 9.04. The van der Waals surface area contributed by atoms with Crippen LogP contribution in [0.15, 0.2) is 23.8 Å². The fraction of sp³-hybridized carbons (Fsp3) is 0.167. The van der Waals surface area contributed by atoms with Gasteiger partial charge in [0.25, 0.3) is 0 Å². The molecule has 1 rings (SSSR count). The van der Waals surface area contributed by atoms with Crippen LogP contribution in [-0.4, -0.2) is 12.6 Å². The van der Waals surface area contributed by atoms with E-state index < -0.39 is 5.97 Å². The van der Waals surface area contributed by atoms with Gasteiger partial charge in [-0.2, -0.15) is 5.26 Å². The van der Waals surface area contributed by atoms with E-state index in [4.69, 9.17) is 33.2 Å². The van der Waals surface area contributed by atoms with Crippen LogP contribution >= 0.6 is 23.2 Å². The number of nitrogens with zero attached hydrogens (tertiary/aromatic N) is 1. The molecule has 0 radical (unpaired) electrons. The van der Waals surface area contributed by atoms with Gasteiger partial charge in [0.2, 0.25) is 0 Å². The molecule has 0 saturated carbocycles. The number of benzene rings is 1. The van der Waals surface area contributed by atoms with Crippen molar-refractivity contribution in [3.63, 3.8) is 0 Å². The summed E-state index contributed by atoms with van der Waals surface area (Å²) >= 11 is 11.7. The zero-order chi connectivity index (χ0) is 12.8. The first kappa shape index (κ1) is 13.6. The lowest BCUT2D eigenvalue weighted by Crippen LogP contribution is -2.06. The van der Waals surface area contributed by atoms with Gasteiger partial charge < -0.3 is 4.74 Å². The maximum Gasteiger partial charge on any atom is 0.348 e. The summed E-state index contributed by atoms with van der Waals surface area (Å²) in [7, 11) is 0. The summed E-state index contributed by atoms with van der Waals surface area (Å²) in [6, 6.07) is 6.55. The van der Waals surface area contributed by atoms with E-state index in [0.29, 0.717) is 15.6 Å². The van der Waals surface area contributed by atoms with Gasteiger partial charge in [-0.15, -0.1) is 0 Å². The summed E-state index contributed by atoms with van der Waals surface area (Å²) in [5.74, 6) is -0.675. The van der Waals surface area contributed by atoms with Gasteiger partial charge >= 0.3 is 5.97 Å². The highest BCUT2D eigenvalue weighted by Crippen LogP contribution is 2.23. The molecule has 5 heteroatoms. The molecule has 0 aliphatic rings. The highest BCUT2D eigenvalue weighted by molar-refractivity contribution is 6.34. The first-order valence-corrected chi connectivity index (χ1v) is 5.58. The quantitative estimate of drug-likeness (QED) is 0.480. The van der Waals surface area contributed by atoms with Crippen LogP contribution in [0.3, 0.4) is 0 Å². The Morgan fingerprint density at radius 3 is 2.82 bits per heavy atom. The molecule has 0 unspecified atom stereocenters. The zero-order valence-corrected chi connectivity index (χ0v) is 10.5. The van der Waals surface area contributed by atoms with Crippen molar-refractivity contribution in [1.82, 2.24) is 0 Å². The molecule has 88 valence electrons. The van der Waals surface area contributed by atoms with Crippen LogP contribution in [0, 0.1) is 11.3 Å². The van der Waals surface area contributed by atoms with Gasteiger partial charge in [0.1, 0.15) is 11.6 Å². The molecule has 0 spiro atoms. The SMILES string of the molecule is CCOC(=O)/C(C#N)=C/c1cc(Cl)ccc1Cl. The van der Waals surface area contributed by atoms with Crippen LogP contribution in [0.5, 0.6) is 0 Å². The van der Waals surface area contributed by atoms with Crippen molar-refractivity contribution in [2.75, 3.05) is 6.61 Å². The Kier molecular flexibility index (Phi) is 5.02. The Morgan fingerprint density at radius 1 is 1.53 bits per heavy atom. The van der Waals surface area contributed by atoms with Gasteiger partial charge in [0, 0.05) is 10.0 Å². The molecule has 0 fully saturated rings. The minimum absolute atomic E-state index is 0.115. The van der Waals surface area contributed by atoms with Crippen molar-refractivity contribution < 1.29 is 9.53 Å². The number of carbonyl (C=O) groups is 1. The van der Waals surface area contributed by atoms with Crippen LogP contribution in [0.25, 0.3) is 6.08 Å². The molecule has 0 amide bonds. The van der Waals surface area contributed by atoms with Crippen LogP contribution in [0.1, 0.15) is 12.5 Å². The average molecular weight is 270 g/mol. The van der Waals surface area contributed by atoms with E-state index >= 15 is 0 Å². The summed E-state index contributed by atoms with van der Waals surface area (Å²) < 4.78 is 4.73. The van der Waals surface area contributed by atoms with E-state index in [0.717, 1.165) is 0 Å². The highest BCUT2D eigenvalue weighted by Gasteiger charge is 2.10. The number of ether oxygens (including phenoxy) is 1. The third kappa shape index (κ3) is 3.77. The van der Waals surface area contributed by atoms with Gasteiger partial charge in [-0.25, -0.2) is 4.79 Å². The summed E-state index contributed by atoms with van der Waals surface area (Å²) in [5.41, 5.74) is 0.389. The molecule has 3 nitrogen and oxygen atoms in total. The van der Waals surface area contributed by atoms with Gasteiger partial charge in [-0.05, 0) is 36.8 Å². The average Bonchev–Trinajstić information content (AvgIpc) is 2.30. The fourth-order valence-electron chi connectivity index (χ4n) is 1.13. The van der Waals surface area contributed by atoms with Crippen molar-refractivity contribution in [3.8, 4) is 6.07 Å². The summed E-state index contributed by atoms with van der Waals surface area (Å²) in [6.07, 6.45) is 1.35. The molecule has 0 saturated heterocycles. The maximum absolute atomic E-state index is 11.4. The van der Waals surface area contributed by atoms with E-state index in [1.54, 1.807) is 31.2 Å². The van der Waals surface area contributed by atoms with Crippen molar-refractivity contribution in [1.29, 1.82) is 5.26 Å². The first-order chi connectivity index (χ1) is 8.08.